The number of anilines is 1. The third-order valence-corrected chi connectivity index (χ3v) is 4.24. The fourth-order valence-corrected chi connectivity index (χ4v) is 2.74. The maximum Gasteiger partial charge on any atom is 0.270 e. The van der Waals surface area contributed by atoms with Gasteiger partial charge in [0.25, 0.3) is 5.91 Å². The zero-order valence-electron chi connectivity index (χ0n) is 14.6. The van der Waals surface area contributed by atoms with Crippen molar-refractivity contribution in [2.45, 2.75) is 40.0 Å². The first-order valence-electron chi connectivity index (χ1n) is 8.75. The lowest BCUT2D eigenvalue weighted by Crippen LogP contribution is -2.47. The summed E-state index contributed by atoms with van der Waals surface area (Å²) >= 11 is 0. The zero-order chi connectivity index (χ0) is 16.7. The van der Waals surface area contributed by atoms with Gasteiger partial charge in [-0.25, -0.2) is 9.97 Å². The van der Waals surface area contributed by atoms with Crippen LogP contribution in [-0.4, -0.2) is 60.0 Å². The molecule has 1 N–H and O–H groups in total. The van der Waals surface area contributed by atoms with Crippen molar-refractivity contribution in [3.63, 3.8) is 0 Å². The third-order valence-electron chi connectivity index (χ3n) is 4.24. The van der Waals surface area contributed by atoms with Gasteiger partial charge in [-0.15, -0.1) is 0 Å². The minimum absolute atomic E-state index is 0.0972. The molecule has 2 heterocycles. The molecule has 6 heteroatoms. The molecule has 1 fully saturated rings. The lowest BCUT2D eigenvalue weighted by atomic mass is 10.2. The first kappa shape index (κ1) is 17.7. The van der Waals surface area contributed by atoms with Crippen LogP contribution in [0.15, 0.2) is 6.07 Å². The average Bonchev–Trinajstić information content (AvgIpc) is 2.58. The summed E-state index contributed by atoms with van der Waals surface area (Å²) < 4.78 is 0. The van der Waals surface area contributed by atoms with Gasteiger partial charge in [0, 0.05) is 38.4 Å². The van der Waals surface area contributed by atoms with Crippen molar-refractivity contribution < 1.29 is 4.79 Å². The number of carbonyl (C=O) groups is 1. The second-order valence-electron chi connectivity index (χ2n) is 6.08. The molecule has 1 amide bonds. The van der Waals surface area contributed by atoms with Gasteiger partial charge in [-0.3, -0.25) is 4.79 Å². The summed E-state index contributed by atoms with van der Waals surface area (Å²) in [6, 6.07) is 1.76. The minimum Gasteiger partial charge on any atom is -0.351 e. The molecular weight excluding hydrogens is 290 g/mol. The van der Waals surface area contributed by atoms with Gasteiger partial charge >= 0.3 is 0 Å². The number of aryl methyl sites for hydroxylation is 1. The number of carbonyl (C=O) groups excluding carboxylic acids is 1. The van der Waals surface area contributed by atoms with Crippen molar-refractivity contribution in [2.24, 2.45) is 0 Å². The molecule has 23 heavy (non-hydrogen) atoms. The molecule has 0 spiro atoms. The van der Waals surface area contributed by atoms with Crippen molar-refractivity contribution in [3.8, 4) is 0 Å². The van der Waals surface area contributed by atoms with Crippen molar-refractivity contribution in [1.29, 1.82) is 0 Å². The Morgan fingerprint density at radius 1 is 1.17 bits per heavy atom. The molecule has 2 rings (SSSR count). The first-order chi connectivity index (χ1) is 11.1. The topological polar surface area (TPSA) is 61.4 Å². The number of likely N-dealkylation sites (N-methyl/N-ethyl adjacent to an activating group) is 1. The molecule has 1 aromatic rings. The lowest BCUT2D eigenvalue weighted by molar-refractivity contribution is 0.0947. The Labute approximate surface area is 139 Å². The molecular formula is C17H29N5O. The first-order valence-corrected chi connectivity index (χ1v) is 8.75. The standard InChI is InChI=1S/C17H29N5O/c1-4-6-7-8-18-16(23)15-13-14(3)19-17(20-15)22-11-9-21(5-2)10-12-22/h13H,4-12H2,1-3H3,(H,18,23). The summed E-state index contributed by atoms with van der Waals surface area (Å²) in [7, 11) is 0. The van der Waals surface area contributed by atoms with Crippen molar-refractivity contribution in [3.05, 3.63) is 17.5 Å². The summed E-state index contributed by atoms with van der Waals surface area (Å²) in [5, 5.41) is 2.95. The number of piperazine rings is 1. The van der Waals surface area contributed by atoms with E-state index in [-0.39, 0.29) is 5.91 Å². The van der Waals surface area contributed by atoms with Gasteiger partial charge in [-0.1, -0.05) is 26.7 Å². The summed E-state index contributed by atoms with van der Waals surface area (Å²) in [5.41, 5.74) is 1.31. The molecule has 1 saturated heterocycles. The highest BCUT2D eigenvalue weighted by molar-refractivity contribution is 5.92. The van der Waals surface area contributed by atoms with Crippen LogP contribution in [0.1, 0.15) is 49.3 Å². The molecule has 6 nitrogen and oxygen atoms in total. The molecule has 1 aromatic heterocycles. The molecule has 0 aliphatic carbocycles. The molecule has 128 valence electrons. The Kier molecular flexibility index (Phi) is 6.77. The van der Waals surface area contributed by atoms with Gasteiger partial charge in [0.15, 0.2) is 0 Å². The maximum absolute atomic E-state index is 12.3. The largest absolute Gasteiger partial charge is 0.351 e. The van der Waals surface area contributed by atoms with Gasteiger partial charge in [-0.2, -0.15) is 0 Å². The number of hydrogen-bond donors (Lipinski definition) is 1. The summed E-state index contributed by atoms with van der Waals surface area (Å²) in [6.07, 6.45) is 3.30. The van der Waals surface area contributed by atoms with Crippen LogP contribution in [0.2, 0.25) is 0 Å². The Balaban J connectivity index is 1.99. The second kappa shape index (κ2) is 8.82. The maximum atomic E-state index is 12.3. The lowest BCUT2D eigenvalue weighted by Gasteiger charge is -2.34. The normalized spacial score (nSPS) is 15.7. The van der Waals surface area contributed by atoms with Crippen molar-refractivity contribution in [2.75, 3.05) is 44.2 Å². The van der Waals surface area contributed by atoms with E-state index in [9.17, 15) is 4.79 Å². The van der Waals surface area contributed by atoms with Crippen molar-refractivity contribution >= 4 is 11.9 Å². The summed E-state index contributed by atoms with van der Waals surface area (Å²) in [6.45, 7) is 11.9. The van der Waals surface area contributed by atoms with E-state index in [1.54, 1.807) is 6.07 Å². The van der Waals surface area contributed by atoms with Gasteiger partial charge in [-0.05, 0) is 26.0 Å². The van der Waals surface area contributed by atoms with Gasteiger partial charge in [0.05, 0.1) is 0 Å². The SMILES string of the molecule is CCCCCNC(=O)c1cc(C)nc(N2CCN(CC)CC2)n1. The number of nitrogens with one attached hydrogen (secondary N) is 1. The van der Waals surface area contributed by atoms with Crippen LogP contribution in [-0.2, 0) is 0 Å². The number of rotatable bonds is 7. The molecule has 0 aromatic carbocycles. The van der Waals surface area contributed by atoms with Gasteiger partial charge in [0.1, 0.15) is 5.69 Å². The Morgan fingerprint density at radius 2 is 1.91 bits per heavy atom. The highest BCUT2D eigenvalue weighted by Crippen LogP contribution is 2.13. The highest BCUT2D eigenvalue weighted by Gasteiger charge is 2.19. The van der Waals surface area contributed by atoms with Crippen LogP contribution in [0.25, 0.3) is 0 Å². The number of amides is 1. The third kappa shape index (κ3) is 5.16. The van der Waals surface area contributed by atoms with Crippen LogP contribution >= 0.6 is 0 Å². The fourth-order valence-electron chi connectivity index (χ4n) is 2.74. The molecule has 0 radical (unpaired) electrons. The number of unbranched alkanes of at least 4 members (excludes halogenated alkanes) is 2. The van der Waals surface area contributed by atoms with Crippen LogP contribution in [0.4, 0.5) is 5.95 Å². The van der Waals surface area contributed by atoms with E-state index in [2.05, 4.69) is 38.9 Å². The zero-order valence-corrected chi connectivity index (χ0v) is 14.6. The van der Waals surface area contributed by atoms with Crippen LogP contribution < -0.4 is 10.2 Å². The van der Waals surface area contributed by atoms with Crippen LogP contribution in [0, 0.1) is 6.92 Å². The van der Waals surface area contributed by atoms with E-state index in [1.807, 2.05) is 6.92 Å². The quantitative estimate of drug-likeness (QED) is 0.777. The minimum atomic E-state index is -0.0972. The Bertz CT molecular complexity index is 512. The highest BCUT2D eigenvalue weighted by atomic mass is 16.1. The van der Waals surface area contributed by atoms with Crippen LogP contribution in [0.5, 0.6) is 0 Å². The van der Waals surface area contributed by atoms with Gasteiger partial charge in [0.2, 0.25) is 5.95 Å². The number of nitrogens with zero attached hydrogens (tertiary/aromatic N) is 4. The Hall–Kier alpha value is -1.69. The summed E-state index contributed by atoms with van der Waals surface area (Å²) in [5.74, 6) is 0.583. The predicted molar refractivity (Wildman–Crippen MR) is 93.0 cm³/mol. The average molecular weight is 319 g/mol. The monoisotopic (exact) mass is 319 g/mol. The molecule has 0 saturated carbocycles. The fraction of sp³-hybridized carbons (Fsp3) is 0.706. The smallest absolute Gasteiger partial charge is 0.270 e. The summed E-state index contributed by atoms with van der Waals surface area (Å²) in [4.78, 5) is 25.9. The van der Waals surface area contributed by atoms with Crippen LogP contribution in [0.3, 0.4) is 0 Å². The second-order valence-corrected chi connectivity index (χ2v) is 6.08. The van der Waals surface area contributed by atoms with E-state index >= 15 is 0 Å². The molecule has 1 aliphatic heterocycles. The van der Waals surface area contributed by atoms with E-state index in [0.29, 0.717) is 18.2 Å². The van der Waals surface area contributed by atoms with E-state index in [0.717, 1.165) is 57.7 Å². The molecule has 0 atom stereocenters. The van der Waals surface area contributed by atoms with Gasteiger partial charge < -0.3 is 15.1 Å². The van der Waals surface area contributed by atoms with E-state index in [4.69, 9.17) is 0 Å². The molecule has 0 unspecified atom stereocenters. The van der Waals surface area contributed by atoms with Crippen molar-refractivity contribution in [1.82, 2.24) is 20.2 Å². The van der Waals surface area contributed by atoms with E-state index < -0.39 is 0 Å². The number of hydrogen-bond acceptors (Lipinski definition) is 5. The molecule has 1 aliphatic rings. The van der Waals surface area contributed by atoms with E-state index in [1.165, 1.54) is 0 Å². The predicted octanol–water partition coefficient (Wildman–Crippen LogP) is 1.85. The molecule has 0 bridgehead atoms. The Morgan fingerprint density at radius 3 is 2.57 bits per heavy atom. The number of aromatic nitrogens is 2.